The Morgan fingerprint density at radius 3 is 2.53 bits per heavy atom. The number of nitrogens with one attached hydrogen (secondary N) is 1. The number of imide groups is 1. The SMILES string of the molecule is CC(OC(=O)c1c(N)cccc1Cl)C(=O)NC(N)=O. The van der Waals surface area contributed by atoms with Crippen molar-refractivity contribution in [2.45, 2.75) is 13.0 Å². The molecule has 0 spiro atoms. The van der Waals surface area contributed by atoms with E-state index in [2.05, 4.69) is 0 Å². The maximum absolute atomic E-state index is 11.8. The molecule has 1 rings (SSSR count). The third-order valence-corrected chi connectivity index (χ3v) is 2.46. The van der Waals surface area contributed by atoms with Crippen LogP contribution < -0.4 is 16.8 Å². The molecule has 1 unspecified atom stereocenters. The minimum Gasteiger partial charge on any atom is -0.449 e. The first kappa shape index (κ1) is 14.8. The zero-order valence-electron chi connectivity index (χ0n) is 9.98. The van der Waals surface area contributed by atoms with Crippen LogP contribution in [0.1, 0.15) is 17.3 Å². The second-order valence-electron chi connectivity index (χ2n) is 3.61. The first-order valence-electron chi connectivity index (χ1n) is 5.18. The fourth-order valence-corrected chi connectivity index (χ4v) is 1.51. The number of hydrogen-bond donors (Lipinski definition) is 3. The number of primary amides is 1. The van der Waals surface area contributed by atoms with E-state index in [1.165, 1.54) is 19.1 Å². The highest BCUT2D eigenvalue weighted by Gasteiger charge is 2.22. The molecule has 1 aromatic carbocycles. The van der Waals surface area contributed by atoms with Crippen molar-refractivity contribution in [1.82, 2.24) is 5.32 Å². The topological polar surface area (TPSA) is 125 Å². The van der Waals surface area contributed by atoms with Crippen molar-refractivity contribution in [3.63, 3.8) is 0 Å². The second-order valence-corrected chi connectivity index (χ2v) is 4.01. The summed E-state index contributed by atoms with van der Waals surface area (Å²) >= 11 is 5.82. The highest BCUT2D eigenvalue weighted by Crippen LogP contribution is 2.23. The van der Waals surface area contributed by atoms with E-state index in [1.54, 1.807) is 11.4 Å². The lowest BCUT2D eigenvalue weighted by atomic mass is 10.2. The van der Waals surface area contributed by atoms with Gasteiger partial charge in [-0.3, -0.25) is 10.1 Å². The Hall–Kier alpha value is -2.28. The van der Waals surface area contributed by atoms with Crippen molar-refractivity contribution in [1.29, 1.82) is 0 Å². The van der Waals surface area contributed by atoms with Gasteiger partial charge in [-0.2, -0.15) is 0 Å². The highest BCUT2D eigenvalue weighted by molar-refractivity contribution is 6.34. The molecule has 0 saturated heterocycles. The molecule has 102 valence electrons. The molecule has 8 heteroatoms. The summed E-state index contributed by atoms with van der Waals surface area (Å²) in [7, 11) is 0. The standard InChI is InChI=1S/C11H12ClN3O4/c1-5(9(16)15-11(14)18)19-10(17)8-6(12)3-2-4-7(8)13/h2-5H,13H2,1H3,(H3,14,15,16,18). The number of halogens is 1. The number of carbonyl (C=O) groups is 3. The molecule has 0 radical (unpaired) electrons. The molecular weight excluding hydrogens is 274 g/mol. The number of amides is 3. The van der Waals surface area contributed by atoms with Crippen LogP contribution in [0.15, 0.2) is 18.2 Å². The van der Waals surface area contributed by atoms with E-state index < -0.39 is 24.0 Å². The zero-order valence-corrected chi connectivity index (χ0v) is 10.7. The molecule has 5 N–H and O–H groups in total. The predicted molar refractivity (Wildman–Crippen MR) is 68.5 cm³/mol. The third-order valence-electron chi connectivity index (χ3n) is 2.15. The number of ether oxygens (including phenoxy) is 1. The molecule has 0 fully saturated rings. The first-order valence-corrected chi connectivity index (χ1v) is 5.56. The number of benzene rings is 1. The fourth-order valence-electron chi connectivity index (χ4n) is 1.25. The van der Waals surface area contributed by atoms with E-state index in [0.717, 1.165) is 0 Å². The Morgan fingerprint density at radius 1 is 1.37 bits per heavy atom. The quantitative estimate of drug-likeness (QED) is 0.556. The van der Waals surface area contributed by atoms with Gasteiger partial charge in [-0.1, -0.05) is 17.7 Å². The Bertz CT molecular complexity index is 512. The van der Waals surface area contributed by atoms with Crippen molar-refractivity contribution in [3.05, 3.63) is 28.8 Å². The van der Waals surface area contributed by atoms with Crippen LogP contribution in [0.2, 0.25) is 5.02 Å². The summed E-state index contributed by atoms with van der Waals surface area (Å²) in [5, 5.41) is 1.89. The van der Waals surface area contributed by atoms with Gasteiger partial charge in [0.15, 0.2) is 6.10 Å². The van der Waals surface area contributed by atoms with Gasteiger partial charge in [-0.25, -0.2) is 9.59 Å². The van der Waals surface area contributed by atoms with Gasteiger partial charge in [0.1, 0.15) is 5.56 Å². The van der Waals surface area contributed by atoms with E-state index in [0.29, 0.717) is 0 Å². The largest absolute Gasteiger partial charge is 0.449 e. The smallest absolute Gasteiger partial charge is 0.342 e. The van der Waals surface area contributed by atoms with E-state index in [4.69, 9.17) is 27.8 Å². The van der Waals surface area contributed by atoms with Crippen LogP contribution in [-0.2, 0) is 9.53 Å². The van der Waals surface area contributed by atoms with E-state index in [9.17, 15) is 14.4 Å². The van der Waals surface area contributed by atoms with Gasteiger partial charge in [-0.05, 0) is 19.1 Å². The summed E-state index contributed by atoms with van der Waals surface area (Å²) in [5.74, 6) is -1.71. The maximum Gasteiger partial charge on any atom is 0.342 e. The number of carbonyl (C=O) groups excluding carboxylic acids is 3. The molecule has 1 atom stereocenters. The Labute approximate surface area is 113 Å². The van der Waals surface area contributed by atoms with Crippen LogP contribution in [0.3, 0.4) is 0 Å². The van der Waals surface area contributed by atoms with Gasteiger partial charge >= 0.3 is 12.0 Å². The number of urea groups is 1. The normalized spacial score (nSPS) is 11.5. The Morgan fingerprint density at radius 2 is 2.00 bits per heavy atom. The van der Waals surface area contributed by atoms with Crippen molar-refractivity contribution in [2.24, 2.45) is 5.73 Å². The molecule has 0 saturated carbocycles. The lowest BCUT2D eigenvalue weighted by Crippen LogP contribution is -2.42. The summed E-state index contributed by atoms with van der Waals surface area (Å²) < 4.78 is 4.84. The maximum atomic E-state index is 11.8. The lowest BCUT2D eigenvalue weighted by molar-refractivity contribution is -0.127. The van der Waals surface area contributed by atoms with Gasteiger partial charge < -0.3 is 16.2 Å². The summed E-state index contributed by atoms with van der Waals surface area (Å²) in [4.78, 5) is 33.6. The number of nitrogens with two attached hydrogens (primary N) is 2. The molecule has 0 bridgehead atoms. The van der Waals surface area contributed by atoms with Crippen LogP contribution >= 0.6 is 11.6 Å². The van der Waals surface area contributed by atoms with Crippen LogP contribution in [0, 0.1) is 0 Å². The van der Waals surface area contributed by atoms with E-state index in [-0.39, 0.29) is 16.3 Å². The highest BCUT2D eigenvalue weighted by atomic mass is 35.5. The Balaban J connectivity index is 2.80. The van der Waals surface area contributed by atoms with Crippen LogP contribution in [0.25, 0.3) is 0 Å². The molecule has 0 heterocycles. The number of rotatable bonds is 3. The van der Waals surface area contributed by atoms with E-state index >= 15 is 0 Å². The Kier molecular flexibility index (Phi) is 4.71. The molecule has 0 aliphatic rings. The third kappa shape index (κ3) is 3.85. The average Bonchev–Trinajstić information content (AvgIpc) is 2.27. The average molecular weight is 286 g/mol. The first-order chi connectivity index (χ1) is 8.82. The number of hydrogen-bond acceptors (Lipinski definition) is 5. The summed E-state index contributed by atoms with van der Waals surface area (Å²) in [6, 6.07) is 3.46. The van der Waals surface area contributed by atoms with Gasteiger partial charge in [0.2, 0.25) is 0 Å². The zero-order chi connectivity index (χ0) is 14.6. The molecule has 1 aromatic rings. The number of esters is 1. The lowest BCUT2D eigenvalue weighted by Gasteiger charge is -2.13. The minimum atomic E-state index is -1.21. The van der Waals surface area contributed by atoms with Crippen LogP contribution in [0.5, 0.6) is 0 Å². The van der Waals surface area contributed by atoms with Gasteiger partial charge in [0, 0.05) is 5.69 Å². The summed E-state index contributed by atoms with van der Waals surface area (Å²) in [6.45, 7) is 1.28. The molecule has 0 aliphatic heterocycles. The molecular formula is C11H12ClN3O4. The van der Waals surface area contributed by atoms with Gasteiger partial charge in [0.25, 0.3) is 5.91 Å². The van der Waals surface area contributed by atoms with Gasteiger partial charge in [0.05, 0.1) is 5.02 Å². The van der Waals surface area contributed by atoms with Crippen LogP contribution in [-0.4, -0.2) is 24.0 Å². The molecule has 0 aromatic heterocycles. The van der Waals surface area contributed by atoms with Crippen molar-refractivity contribution >= 4 is 35.2 Å². The number of nitrogen functional groups attached to an aromatic ring is 1. The van der Waals surface area contributed by atoms with Gasteiger partial charge in [-0.15, -0.1) is 0 Å². The molecule has 3 amide bonds. The predicted octanol–water partition coefficient (Wildman–Crippen LogP) is 0.662. The fraction of sp³-hybridized carbons (Fsp3) is 0.182. The second kappa shape index (κ2) is 6.05. The molecule has 7 nitrogen and oxygen atoms in total. The van der Waals surface area contributed by atoms with E-state index in [1.807, 2.05) is 0 Å². The summed E-state index contributed by atoms with van der Waals surface area (Å²) in [5.41, 5.74) is 10.4. The number of anilines is 1. The minimum absolute atomic E-state index is 0.0390. The van der Waals surface area contributed by atoms with Crippen molar-refractivity contribution < 1.29 is 19.1 Å². The van der Waals surface area contributed by atoms with Crippen LogP contribution in [0.4, 0.5) is 10.5 Å². The monoisotopic (exact) mass is 285 g/mol. The summed E-state index contributed by atoms with van der Waals surface area (Å²) in [6.07, 6.45) is -1.21. The molecule has 0 aliphatic carbocycles. The molecule has 19 heavy (non-hydrogen) atoms. The van der Waals surface area contributed by atoms with Crippen molar-refractivity contribution in [2.75, 3.05) is 5.73 Å². The van der Waals surface area contributed by atoms with Crippen molar-refractivity contribution in [3.8, 4) is 0 Å².